The van der Waals surface area contributed by atoms with E-state index in [-0.39, 0.29) is 24.0 Å². The number of hydrogen-bond acceptors (Lipinski definition) is 4. The summed E-state index contributed by atoms with van der Waals surface area (Å²) in [5.41, 5.74) is 2.07. The van der Waals surface area contributed by atoms with Crippen LogP contribution in [0.25, 0.3) is 0 Å². The first-order valence-corrected chi connectivity index (χ1v) is 11.7. The number of benzene rings is 3. The summed E-state index contributed by atoms with van der Waals surface area (Å²) in [5, 5.41) is 9.29. The van der Waals surface area contributed by atoms with Gasteiger partial charge < -0.3 is 19.3 Å². The van der Waals surface area contributed by atoms with Crippen LogP contribution in [0, 0.1) is 11.6 Å². The molecule has 8 heteroatoms. The number of aliphatic carboxylic acids is 1. The highest BCUT2D eigenvalue weighted by molar-refractivity contribution is 6.30. The molecule has 0 aliphatic carbocycles. The van der Waals surface area contributed by atoms with Crippen molar-refractivity contribution in [3.05, 3.63) is 82.4 Å². The Bertz CT molecular complexity index is 1170. The van der Waals surface area contributed by atoms with E-state index in [1.807, 2.05) is 32.0 Å². The first kappa shape index (κ1) is 26.3. The number of ether oxygens (including phenoxy) is 3. The van der Waals surface area contributed by atoms with Crippen LogP contribution >= 0.6 is 11.6 Å². The Hall–Kier alpha value is -3.32. The third-order valence-electron chi connectivity index (χ3n) is 5.31. The van der Waals surface area contributed by atoms with E-state index in [1.165, 1.54) is 12.1 Å². The molecule has 1 unspecified atom stereocenters. The molecule has 3 aromatic rings. The summed E-state index contributed by atoms with van der Waals surface area (Å²) >= 11 is 6.07. The summed E-state index contributed by atoms with van der Waals surface area (Å²) in [6.45, 7) is 4.27. The molecule has 35 heavy (non-hydrogen) atoms. The van der Waals surface area contributed by atoms with Crippen molar-refractivity contribution in [2.45, 2.75) is 45.6 Å². The van der Waals surface area contributed by atoms with E-state index >= 15 is 0 Å². The van der Waals surface area contributed by atoms with Gasteiger partial charge in [-0.05, 0) is 67.3 Å². The number of carboxylic acids is 1. The van der Waals surface area contributed by atoms with Crippen molar-refractivity contribution in [1.29, 1.82) is 0 Å². The maximum Gasteiger partial charge on any atom is 0.303 e. The Morgan fingerprint density at radius 1 is 1.00 bits per heavy atom. The molecular formula is C27H27ClF2O5. The van der Waals surface area contributed by atoms with Gasteiger partial charge in [-0.1, -0.05) is 24.6 Å². The van der Waals surface area contributed by atoms with Crippen molar-refractivity contribution < 1.29 is 32.9 Å². The fourth-order valence-electron chi connectivity index (χ4n) is 3.46. The summed E-state index contributed by atoms with van der Waals surface area (Å²) < 4.78 is 44.7. The maximum atomic E-state index is 14.0. The van der Waals surface area contributed by atoms with Crippen LogP contribution in [0.2, 0.25) is 5.02 Å². The Morgan fingerprint density at radius 2 is 1.77 bits per heavy atom. The van der Waals surface area contributed by atoms with Crippen LogP contribution in [-0.2, 0) is 17.6 Å². The zero-order chi connectivity index (χ0) is 25.4. The zero-order valence-corrected chi connectivity index (χ0v) is 20.3. The fraction of sp³-hybridized carbons (Fsp3) is 0.296. The number of rotatable bonds is 12. The fourth-order valence-corrected chi connectivity index (χ4v) is 3.62. The van der Waals surface area contributed by atoms with Gasteiger partial charge >= 0.3 is 5.97 Å². The average Bonchev–Trinajstić information content (AvgIpc) is 2.81. The molecule has 0 heterocycles. The lowest BCUT2D eigenvalue weighted by molar-refractivity contribution is -0.136. The van der Waals surface area contributed by atoms with E-state index in [0.29, 0.717) is 36.0 Å². The number of halogens is 3. The second-order valence-electron chi connectivity index (χ2n) is 8.01. The number of carboxylic acid groups (broad SMARTS) is 1. The summed E-state index contributed by atoms with van der Waals surface area (Å²) in [4.78, 5) is 10.9. The molecule has 1 atom stereocenters. The highest BCUT2D eigenvalue weighted by atomic mass is 35.5. The lowest BCUT2D eigenvalue weighted by atomic mass is 10.0. The number of aryl methyl sites for hydroxylation is 2. The van der Waals surface area contributed by atoms with Crippen LogP contribution in [-0.4, -0.2) is 23.8 Å². The molecule has 0 radical (unpaired) electrons. The van der Waals surface area contributed by atoms with Crippen molar-refractivity contribution in [2.24, 2.45) is 0 Å². The van der Waals surface area contributed by atoms with Crippen LogP contribution in [0.4, 0.5) is 8.78 Å². The molecular weight excluding hydrogens is 478 g/mol. The molecule has 186 valence electrons. The summed E-state index contributed by atoms with van der Waals surface area (Å²) in [5.74, 6) is -1.23. The minimum absolute atomic E-state index is 0.0895. The molecule has 0 aromatic heterocycles. The van der Waals surface area contributed by atoms with Gasteiger partial charge in [-0.3, -0.25) is 4.79 Å². The minimum atomic E-state index is -0.835. The van der Waals surface area contributed by atoms with Crippen LogP contribution in [0.3, 0.4) is 0 Å². The molecule has 1 N–H and O–H groups in total. The Balaban J connectivity index is 1.59. The van der Waals surface area contributed by atoms with E-state index in [9.17, 15) is 13.6 Å². The molecule has 0 spiro atoms. The van der Waals surface area contributed by atoms with E-state index in [0.717, 1.165) is 29.7 Å². The summed E-state index contributed by atoms with van der Waals surface area (Å²) in [6.07, 6.45) is 1.63. The molecule has 3 aromatic carbocycles. The summed E-state index contributed by atoms with van der Waals surface area (Å²) in [6, 6.07) is 13.5. The van der Waals surface area contributed by atoms with Crippen LogP contribution in [0.15, 0.2) is 54.6 Å². The number of hydrogen-bond donors (Lipinski definition) is 1. The smallest absolute Gasteiger partial charge is 0.303 e. The molecule has 0 aliphatic heterocycles. The first-order valence-electron chi connectivity index (χ1n) is 11.3. The normalized spacial score (nSPS) is 11.7. The first-order chi connectivity index (χ1) is 16.7. The third kappa shape index (κ3) is 7.86. The standard InChI is InChI=1S/C27H27ClF2O5/c1-3-18-14-22(8-4-19(18)5-11-27(31)32)33-13-12-17(2)34-25-9-6-20(28)15-26(25)35-24-10-7-21(29)16-23(24)30/h4,6-10,14-17H,3,5,11-13H2,1-2H3,(H,31,32). The van der Waals surface area contributed by atoms with Crippen molar-refractivity contribution in [1.82, 2.24) is 0 Å². The molecule has 0 saturated heterocycles. The van der Waals surface area contributed by atoms with Gasteiger partial charge in [0.15, 0.2) is 23.1 Å². The van der Waals surface area contributed by atoms with Crippen LogP contribution < -0.4 is 14.2 Å². The molecule has 0 fully saturated rings. The maximum absolute atomic E-state index is 14.0. The number of carbonyl (C=O) groups is 1. The van der Waals surface area contributed by atoms with Crippen molar-refractivity contribution in [2.75, 3.05) is 6.61 Å². The lowest BCUT2D eigenvalue weighted by Gasteiger charge is -2.18. The zero-order valence-electron chi connectivity index (χ0n) is 19.5. The van der Waals surface area contributed by atoms with E-state index < -0.39 is 17.6 Å². The van der Waals surface area contributed by atoms with Crippen molar-refractivity contribution in [3.8, 4) is 23.0 Å². The molecule has 0 aliphatic rings. The largest absolute Gasteiger partial charge is 0.493 e. The Labute approximate surface area is 208 Å². The highest BCUT2D eigenvalue weighted by Crippen LogP contribution is 2.36. The van der Waals surface area contributed by atoms with E-state index in [2.05, 4.69) is 0 Å². The monoisotopic (exact) mass is 504 g/mol. The Kier molecular flexibility index (Phi) is 9.32. The lowest BCUT2D eigenvalue weighted by Crippen LogP contribution is -2.16. The Morgan fingerprint density at radius 3 is 2.49 bits per heavy atom. The molecule has 5 nitrogen and oxygen atoms in total. The van der Waals surface area contributed by atoms with Gasteiger partial charge in [0.25, 0.3) is 0 Å². The average molecular weight is 505 g/mol. The molecule has 0 saturated carbocycles. The highest BCUT2D eigenvalue weighted by Gasteiger charge is 2.14. The second-order valence-corrected chi connectivity index (χ2v) is 8.45. The predicted molar refractivity (Wildman–Crippen MR) is 130 cm³/mol. The van der Waals surface area contributed by atoms with Gasteiger partial charge in [-0.2, -0.15) is 0 Å². The second kappa shape index (κ2) is 12.4. The van der Waals surface area contributed by atoms with Crippen LogP contribution in [0.1, 0.15) is 37.8 Å². The molecule has 3 rings (SSSR count). The quantitative estimate of drug-likeness (QED) is 0.282. The molecule has 0 amide bonds. The van der Waals surface area contributed by atoms with Gasteiger partial charge in [0.2, 0.25) is 0 Å². The van der Waals surface area contributed by atoms with Gasteiger partial charge in [0, 0.05) is 30.0 Å². The van der Waals surface area contributed by atoms with Gasteiger partial charge in [-0.25, -0.2) is 8.78 Å². The SMILES string of the molecule is CCc1cc(OCCC(C)Oc2ccc(Cl)cc2Oc2ccc(F)cc2F)ccc1CCC(=O)O. The van der Waals surface area contributed by atoms with Crippen LogP contribution in [0.5, 0.6) is 23.0 Å². The minimum Gasteiger partial charge on any atom is -0.493 e. The third-order valence-corrected chi connectivity index (χ3v) is 5.54. The van der Waals surface area contributed by atoms with Crippen molar-refractivity contribution in [3.63, 3.8) is 0 Å². The van der Waals surface area contributed by atoms with Gasteiger partial charge in [0.05, 0.1) is 12.7 Å². The van der Waals surface area contributed by atoms with Gasteiger partial charge in [0.1, 0.15) is 11.6 Å². The topological polar surface area (TPSA) is 65.0 Å². The summed E-state index contributed by atoms with van der Waals surface area (Å²) in [7, 11) is 0. The molecule has 0 bridgehead atoms. The predicted octanol–water partition coefficient (Wildman–Crippen LogP) is 7.23. The van der Waals surface area contributed by atoms with Gasteiger partial charge in [-0.15, -0.1) is 0 Å². The van der Waals surface area contributed by atoms with E-state index in [1.54, 1.807) is 12.1 Å². The van der Waals surface area contributed by atoms with Crippen molar-refractivity contribution >= 4 is 17.6 Å². The van der Waals surface area contributed by atoms with E-state index in [4.69, 9.17) is 30.9 Å².